The molecule has 2 unspecified atom stereocenters. The number of allylic oxidation sites excluding steroid dienone is 6. The molecule has 0 spiro atoms. The smallest absolute Gasteiger partial charge is 0.211 e. The molecule has 2 N–H and O–H groups in total. The number of hydrogen-bond donors (Lipinski definition) is 2. The Morgan fingerprint density at radius 3 is 2.65 bits per heavy atom. The van der Waals surface area contributed by atoms with Gasteiger partial charge in [0.2, 0.25) is 15.0 Å². The predicted octanol–water partition coefficient (Wildman–Crippen LogP) is 6.10. The second-order valence-corrected chi connectivity index (χ2v) is 14.2. The van der Waals surface area contributed by atoms with Gasteiger partial charge in [-0.25, -0.2) is 8.42 Å². The average molecular weight is 493 g/mol. The highest BCUT2D eigenvalue weighted by molar-refractivity contribution is 7.96. The van der Waals surface area contributed by atoms with E-state index in [2.05, 4.69) is 32.6 Å². The highest BCUT2D eigenvalue weighted by Gasteiger charge is 2.46. The number of aliphatic hydroxyl groups is 2. The van der Waals surface area contributed by atoms with Gasteiger partial charge in [-0.05, 0) is 93.8 Å². The Hall–Kier alpha value is -1.50. The largest absolute Gasteiger partial charge is 0.393 e. The highest BCUT2D eigenvalue weighted by Crippen LogP contribution is 2.57. The maximum Gasteiger partial charge on any atom is 0.211 e. The molecule has 3 aliphatic rings. The van der Waals surface area contributed by atoms with Gasteiger partial charge in [-0.2, -0.15) is 4.39 Å². The normalized spacial score (nSPS) is 34.4. The van der Waals surface area contributed by atoms with Crippen molar-refractivity contribution in [2.24, 2.45) is 17.3 Å². The van der Waals surface area contributed by atoms with E-state index in [0.717, 1.165) is 31.3 Å². The second-order valence-electron chi connectivity index (χ2n) is 11.5. The number of aliphatic hydroxyl groups excluding tert-OH is 2. The third-order valence-corrected chi connectivity index (χ3v) is 10.4. The van der Waals surface area contributed by atoms with Gasteiger partial charge in [0.1, 0.15) is 0 Å². The lowest BCUT2D eigenvalue weighted by atomic mass is 9.62. The van der Waals surface area contributed by atoms with Crippen LogP contribution in [0.15, 0.2) is 58.3 Å². The van der Waals surface area contributed by atoms with E-state index in [1.807, 2.05) is 6.08 Å². The van der Waals surface area contributed by atoms with Crippen LogP contribution in [-0.4, -0.2) is 35.6 Å². The molecule has 0 radical (unpaired) electrons. The van der Waals surface area contributed by atoms with Crippen molar-refractivity contribution in [2.45, 2.75) is 96.5 Å². The maximum atomic E-state index is 14.6. The van der Waals surface area contributed by atoms with Crippen molar-refractivity contribution < 1.29 is 23.0 Å². The van der Waals surface area contributed by atoms with Crippen molar-refractivity contribution in [2.75, 3.05) is 0 Å². The summed E-state index contributed by atoms with van der Waals surface area (Å²) in [5.41, 5.74) is 4.22. The molecule has 34 heavy (non-hydrogen) atoms. The summed E-state index contributed by atoms with van der Waals surface area (Å²) in [7, 11) is -3.96. The van der Waals surface area contributed by atoms with Crippen LogP contribution in [0.1, 0.15) is 79.6 Å². The Morgan fingerprint density at radius 2 is 2.00 bits per heavy atom. The first kappa shape index (κ1) is 27.1. The maximum absolute atomic E-state index is 14.6. The first-order valence-corrected chi connectivity index (χ1v) is 13.9. The summed E-state index contributed by atoms with van der Waals surface area (Å²) in [6.45, 7) is 12.9. The van der Waals surface area contributed by atoms with Gasteiger partial charge in [-0.3, -0.25) is 0 Å². The van der Waals surface area contributed by atoms with Crippen LogP contribution < -0.4 is 0 Å². The minimum Gasteiger partial charge on any atom is -0.393 e. The first-order chi connectivity index (χ1) is 15.7. The molecule has 0 saturated heterocycles. The zero-order valence-corrected chi connectivity index (χ0v) is 22.1. The van der Waals surface area contributed by atoms with Crippen molar-refractivity contribution in [3.05, 3.63) is 58.3 Å². The summed E-state index contributed by atoms with van der Waals surface area (Å²) in [5, 5.41) is 19.1. The summed E-state index contributed by atoms with van der Waals surface area (Å²) in [5.74, 6) is 0.409. The second kappa shape index (κ2) is 9.87. The summed E-state index contributed by atoms with van der Waals surface area (Å²) >= 11 is 0. The molecule has 0 aliphatic heterocycles. The molecule has 0 aromatic rings. The molecule has 190 valence electrons. The fourth-order valence-electron chi connectivity index (χ4n) is 5.88. The molecule has 0 aromatic carbocycles. The Balaban J connectivity index is 1.77. The monoisotopic (exact) mass is 492 g/mol. The van der Waals surface area contributed by atoms with E-state index < -0.39 is 32.0 Å². The van der Waals surface area contributed by atoms with Crippen molar-refractivity contribution in [1.29, 1.82) is 0 Å². The van der Waals surface area contributed by atoms with Gasteiger partial charge in [-0.1, -0.05) is 49.8 Å². The average Bonchev–Trinajstić information content (AvgIpc) is 3.09. The van der Waals surface area contributed by atoms with Crippen molar-refractivity contribution in [3.63, 3.8) is 0 Å². The molecular formula is C28H41FO4S. The predicted molar refractivity (Wildman–Crippen MR) is 136 cm³/mol. The fraction of sp³-hybridized carbons (Fsp3) is 0.643. The van der Waals surface area contributed by atoms with E-state index in [0.29, 0.717) is 30.8 Å². The quantitative estimate of drug-likeness (QED) is 0.455. The Bertz CT molecular complexity index is 1040. The third kappa shape index (κ3) is 5.19. The van der Waals surface area contributed by atoms with E-state index in [-0.39, 0.29) is 11.3 Å². The Morgan fingerprint density at radius 1 is 1.32 bits per heavy atom. The van der Waals surface area contributed by atoms with E-state index in [1.54, 1.807) is 0 Å². The number of hydrogen-bond acceptors (Lipinski definition) is 4. The number of halogens is 1. The molecule has 5 atom stereocenters. The van der Waals surface area contributed by atoms with Gasteiger partial charge in [0.15, 0.2) is 0 Å². The first-order valence-electron chi connectivity index (χ1n) is 12.4. The van der Waals surface area contributed by atoms with Crippen LogP contribution in [-0.2, 0) is 9.84 Å². The van der Waals surface area contributed by atoms with Gasteiger partial charge in [0, 0.05) is 6.42 Å². The zero-order chi connectivity index (χ0) is 25.5. The summed E-state index contributed by atoms with van der Waals surface area (Å²) in [6, 6.07) is 0. The molecule has 0 aromatic heterocycles. The molecule has 0 heterocycles. The van der Waals surface area contributed by atoms with E-state index in [1.165, 1.54) is 38.0 Å². The van der Waals surface area contributed by atoms with Crippen molar-refractivity contribution in [1.82, 2.24) is 0 Å². The van der Waals surface area contributed by atoms with Crippen molar-refractivity contribution in [3.8, 4) is 0 Å². The summed E-state index contributed by atoms with van der Waals surface area (Å²) in [4.78, 5) is 0. The topological polar surface area (TPSA) is 74.6 Å². The number of sulfone groups is 1. The molecule has 6 heteroatoms. The van der Waals surface area contributed by atoms with Crippen molar-refractivity contribution >= 4 is 9.84 Å². The van der Waals surface area contributed by atoms with Gasteiger partial charge >= 0.3 is 0 Å². The van der Waals surface area contributed by atoms with Crippen LogP contribution in [0.3, 0.4) is 0 Å². The molecule has 2 saturated carbocycles. The standard InChI is InChI=1S/C28H41FO4S/c1-18(9-14-26(29)34(32,33)27(3,4)5)23-12-13-24-20(8-7-15-28(23,24)6)10-11-21-16-22(30)17-25(31)19(21)2/h10-12,14,18,22,24-25,30-31H,2,7-9,13,15-17H2,1,3-6H3/b20-10+,21-11-,26-14+/t18-,22?,24+,25-,28?/m1/s1. The van der Waals surface area contributed by atoms with E-state index in [9.17, 15) is 23.0 Å². The Kier molecular flexibility index (Phi) is 7.86. The SMILES string of the molecule is C=C1/C(=C\C=C2/CCCC3(C)C([C@H](C)C/C=C(\F)S(=O)(=O)C(C)(C)C)=CC[C@@H]23)CC(O)C[C@H]1O. The van der Waals surface area contributed by atoms with E-state index in [4.69, 9.17) is 0 Å². The molecular weight excluding hydrogens is 451 g/mol. The molecule has 0 amide bonds. The van der Waals surface area contributed by atoms with Crippen LogP contribution in [0, 0.1) is 17.3 Å². The van der Waals surface area contributed by atoms with Gasteiger partial charge in [0.05, 0.1) is 17.0 Å². The minimum atomic E-state index is -3.96. The molecule has 3 rings (SSSR count). The summed E-state index contributed by atoms with van der Waals surface area (Å²) in [6.07, 6.45) is 11.7. The lowest BCUT2D eigenvalue weighted by molar-refractivity contribution is 0.0862. The zero-order valence-electron chi connectivity index (χ0n) is 21.3. The molecule has 4 nitrogen and oxygen atoms in total. The highest BCUT2D eigenvalue weighted by atomic mass is 32.2. The number of fused-ring (bicyclic) bond motifs is 1. The third-order valence-electron chi connectivity index (χ3n) is 8.10. The molecule has 2 fully saturated rings. The van der Waals surface area contributed by atoms with Gasteiger partial charge < -0.3 is 10.2 Å². The van der Waals surface area contributed by atoms with Gasteiger partial charge in [0.25, 0.3) is 0 Å². The van der Waals surface area contributed by atoms with Crippen LogP contribution in [0.4, 0.5) is 4.39 Å². The van der Waals surface area contributed by atoms with Crippen LogP contribution >= 0.6 is 0 Å². The number of rotatable bonds is 5. The van der Waals surface area contributed by atoms with Crippen LogP contribution in [0.25, 0.3) is 0 Å². The fourth-order valence-corrected chi connectivity index (χ4v) is 6.78. The lowest BCUT2D eigenvalue weighted by Gasteiger charge is -2.42. The Labute approximate surface area is 205 Å². The molecule has 3 aliphatic carbocycles. The summed E-state index contributed by atoms with van der Waals surface area (Å²) < 4.78 is 38.2. The lowest BCUT2D eigenvalue weighted by Crippen LogP contribution is -2.32. The molecule has 0 bridgehead atoms. The van der Waals surface area contributed by atoms with Crippen LogP contribution in [0.5, 0.6) is 0 Å². The van der Waals surface area contributed by atoms with Crippen LogP contribution in [0.2, 0.25) is 0 Å². The minimum absolute atomic E-state index is 0.0299. The van der Waals surface area contributed by atoms with Gasteiger partial charge in [-0.15, -0.1) is 0 Å². The van der Waals surface area contributed by atoms with E-state index >= 15 is 0 Å².